The number of aromatic hydroxyl groups is 1. The minimum atomic E-state index is -0.434. The summed E-state index contributed by atoms with van der Waals surface area (Å²) in [6.45, 7) is 2.99. The van der Waals surface area contributed by atoms with Crippen LogP contribution in [0.5, 0.6) is 5.75 Å². The van der Waals surface area contributed by atoms with E-state index in [0.717, 1.165) is 42.7 Å². The lowest BCUT2D eigenvalue weighted by atomic mass is 10.0. The molecule has 3 N–H and O–H groups in total. The van der Waals surface area contributed by atoms with Crippen LogP contribution in [-0.2, 0) is 12.8 Å². The molecule has 2 heterocycles. The molecule has 1 aromatic heterocycles. The molecule has 2 aromatic carbocycles. The Bertz CT molecular complexity index is 994. The van der Waals surface area contributed by atoms with E-state index in [9.17, 15) is 9.90 Å². The van der Waals surface area contributed by atoms with Crippen LogP contribution in [0.25, 0.3) is 5.69 Å². The molecule has 1 aliphatic heterocycles. The summed E-state index contributed by atoms with van der Waals surface area (Å²) in [7, 11) is 0. The van der Waals surface area contributed by atoms with Crippen LogP contribution in [0.3, 0.4) is 0 Å². The van der Waals surface area contributed by atoms with Crippen molar-refractivity contribution in [3.05, 3.63) is 65.5 Å². The third-order valence-corrected chi connectivity index (χ3v) is 4.84. The van der Waals surface area contributed by atoms with Crippen molar-refractivity contribution in [3.8, 4) is 11.4 Å². The van der Waals surface area contributed by atoms with E-state index >= 15 is 0 Å². The van der Waals surface area contributed by atoms with Gasteiger partial charge in [-0.2, -0.15) is 5.10 Å². The Hall–Kier alpha value is -3.28. The van der Waals surface area contributed by atoms with Crippen molar-refractivity contribution in [2.24, 2.45) is 0 Å². The molecule has 1 aliphatic rings. The van der Waals surface area contributed by atoms with Crippen LogP contribution in [-0.4, -0.2) is 27.3 Å². The number of carbonyl (C=O) groups is 1. The standard InChI is InChI=1S/C21H22N4O2/c1-2-14-6-3-4-8-18(14)25-13-19(26)20(24-25)21(27)23-16-10-9-15-7-5-11-22-17(15)12-16/h3-4,6,8-10,12-13,22,26H,2,5,7,11H2,1H3,(H,23,27). The monoisotopic (exact) mass is 362 g/mol. The summed E-state index contributed by atoms with van der Waals surface area (Å²) in [5, 5.41) is 20.7. The molecular weight excluding hydrogens is 340 g/mol. The number of amides is 1. The molecule has 4 rings (SSSR count). The predicted molar refractivity (Wildman–Crippen MR) is 106 cm³/mol. The van der Waals surface area contributed by atoms with E-state index in [1.807, 2.05) is 42.5 Å². The van der Waals surface area contributed by atoms with E-state index in [2.05, 4.69) is 22.7 Å². The first-order valence-electron chi connectivity index (χ1n) is 9.20. The van der Waals surface area contributed by atoms with Gasteiger partial charge in [0.05, 0.1) is 11.9 Å². The second kappa shape index (κ2) is 7.15. The molecule has 0 spiro atoms. The number of anilines is 2. The number of nitrogens with zero attached hydrogens (tertiary/aromatic N) is 2. The number of rotatable bonds is 4. The largest absolute Gasteiger partial charge is 0.504 e. The Kier molecular flexibility index (Phi) is 4.54. The van der Waals surface area contributed by atoms with E-state index in [-0.39, 0.29) is 11.4 Å². The number of aromatic nitrogens is 2. The Morgan fingerprint density at radius 3 is 3.00 bits per heavy atom. The van der Waals surface area contributed by atoms with Gasteiger partial charge in [-0.15, -0.1) is 0 Å². The highest BCUT2D eigenvalue weighted by molar-refractivity contribution is 6.04. The zero-order chi connectivity index (χ0) is 18.8. The minimum Gasteiger partial charge on any atom is -0.504 e. The van der Waals surface area contributed by atoms with Gasteiger partial charge in [-0.3, -0.25) is 4.79 Å². The number of hydrogen-bond acceptors (Lipinski definition) is 4. The van der Waals surface area contributed by atoms with Crippen LogP contribution >= 0.6 is 0 Å². The van der Waals surface area contributed by atoms with Gasteiger partial charge in [-0.1, -0.05) is 31.2 Å². The van der Waals surface area contributed by atoms with Crippen molar-refractivity contribution in [2.75, 3.05) is 17.2 Å². The molecule has 3 aromatic rings. The lowest BCUT2D eigenvalue weighted by molar-refractivity contribution is 0.101. The Morgan fingerprint density at radius 2 is 2.15 bits per heavy atom. The summed E-state index contributed by atoms with van der Waals surface area (Å²) >= 11 is 0. The van der Waals surface area contributed by atoms with Crippen molar-refractivity contribution in [2.45, 2.75) is 26.2 Å². The summed E-state index contributed by atoms with van der Waals surface area (Å²) < 4.78 is 1.55. The van der Waals surface area contributed by atoms with E-state index < -0.39 is 5.91 Å². The second-order valence-corrected chi connectivity index (χ2v) is 6.65. The van der Waals surface area contributed by atoms with Crippen molar-refractivity contribution >= 4 is 17.3 Å². The third-order valence-electron chi connectivity index (χ3n) is 4.84. The van der Waals surface area contributed by atoms with Crippen LogP contribution in [0.2, 0.25) is 0 Å². The molecule has 0 radical (unpaired) electrons. The topological polar surface area (TPSA) is 79.2 Å². The number of nitrogens with one attached hydrogen (secondary N) is 2. The predicted octanol–water partition coefficient (Wildman–Crippen LogP) is 3.75. The molecule has 6 heteroatoms. The highest BCUT2D eigenvalue weighted by atomic mass is 16.3. The van der Waals surface area contributed by atoms with Crippen molar-refractivity contribution < 1.29 is 9.90 Å². The van der Waals surface area contributed by atoms with E-state index in [1.165, 1.54) is 11.8 Å². The zero-order valence-electron chi connectivity index (χ0n) is 15.2. The number of fused-ring (bicyclic) bond motifs is 1. The summed E-state index contributed by atoms with van der Waals surface area (Å²) in [5.41, 5.74) is 4.93. The van der Waals surface area contributed by atoms with Crippen LogP contribution in [0.1, 0.15) is 35.0 Å². The normalized spacial score (nSPS) is 12.9. The first kappa shape index (κ1) is 17.1. The van der Waals surface area contributed by atoms with Crippen LogP contribution in [0.15, 0.2) is 48.7 Å². The average Bonchev–Trinajstić information content (AvgIpc) is 3.09. The van der Waals surface area contributed by atoms with E-state index in [0.29, 0.717) is 5.69 Å². The number of hydrogen-bond donors (Lipinski definition) is 3. The number of benzene rings is 2. The SMILES string of the molecule is CCc1ccccc1-n1cc(O)c(C(=O)Nc2ccc3c(c2)NCCC3)n1. The molecule has 0 aliphatic carbocycles. The first-order valence-corrected chi connectivity index (χ1v) is 9.20. The Morgan fingerprint density at radius 1 is 1.30 bits per heavy atom. The fourth-order valence-electron chi connectivity index (χ4n) is 3.41. The summed E-state index contributed by atoms with van der Waals surface area (Å²) in [4.78, 5) is 12.6. The number of para-hydroxylation sites is 1. The van der Waals surface area contributed by atoms with Crippen molar-refractivity contribution in [1.82, 2.24) is 9.78 Å². The molecule has 6 nitrogen and oxygen atoms in total. The quantitative estimate of drug-likeness (QED) is 0.660. The molecule has 0 fully saturated rings. The Labute approximate surface area is 157 Å². The van der Waals surface area contributed by atoms with Gasteiger partial charge < -0.3 is 15.7 Å². The van der Waals surface area contributed by atoms with Crippen LogP contribution < -0.4 is 10.6 Å². The van der Waals surface area contributed by atoms with Gasteiger partial charge in [0.1, 0.15) is 0 Å². The van der Waals surface area contributed by atoms with E-state index in [1.54, 1.807) is 4.68 Å². The van der Waals surface area contributed by atoms with E-state index in [4.69, 9.17) is 0 Å². The average molecular weight is 362 g/mol. The fraction of sp³-hybridized carbons (Fsp3) is 0.238. The van der Waals surface area contributed by atoms with Crippen molar-refractivity contribution in [3.63, 3.8) is 0 Å². The van der Waals surface area contributed by atoms with Crippen LogP contribution in [0, 0.1) is 0 Å². The highest BCUT2D eigenvalue weighted by Gasteiger charge is 2.19. The molecule has 0 saturated heterocycles. The van der Waals surface area contributed by atoms with Gasteiger partial charge in [-0.25, -0.2) is 4.68 Å². The van der Waals surface area contributed by atoms with Gasteiger partial charge in [0.15, 0.2) is 11.4 Å². The molecule has 0 saturated carbocycles. The fourth-order valence-corrected chi connectivity index (χ4v) is 3.41. The molecule has 138 valence electrons. The molecular formula is C21H22N4O2. The van der Waals surface area contributed by atoms with Gasteiger partial charge in [0.25, 0.3) is 5.91 Å². The smallest absolute Gasteiger partial charge is 0.280 e. The van der Waals surface area contributed by atoms with Gasteiger partial charge in [0.2, 0.25) is 0 Å². The molecule has 0 unspecified atom stereocenters. The molecule has 0 atom stereocenters. The lowest BCUT2D eigenvalue weighted by Gasteiger charge is -2.18. The Balaban J connectivity index is 1.59. The second-order valence-electron chi connectivity index (χ2n) is 6.65. The molecule has 0 bridgehead atoms. The zero-order valence-corrected chi connectivity index (χ0v) is 15.2. The van der Waals surface area contributed by atoms with Crippen molar-refractivity contribution in [1.29, 1.82) is 0 Å². The molecule has 1 amide bonds. The van der Waals surface area contributed by atoms with Gasteiger partial charge >= 0.3 is 0 Å². The molecule has 27 heavy (non-hydrogen) atoms. The van der Waals surface area contributed by atoms with Crippen LogP contribution in [0.4, 0.5) is 11.4 Å². The lowest BCUT2D eigenvalue weighted by Crippen LogP contribution is -2.15. The maximum atomic E-state index is 12.6. The summed E-state index contributed by atoms with van der Waals surface area (Å²) in [5.74, 6) is -0.578. The first-order chi connectivity index (χ1) is 13.2. The highest BCUT2D eigenvalue weighted by Crippen LogP contribution is 2.27. The summed E-state index contributed by atoms with van der Waals surface area (Å²) in [6, 6.07) is 13.6. The maximum Gasteiger partial charge on any atom is 0.280 e. The maximum absolute atomic E-state index is 12.6. The minimum absolute atomic E-state index is 0.00610. The number of aryl methyl sites for hydroxylation is 2. The van der Waals surface area contributed by atoms with Gasteiger partial charge in [-0.05, 0) is 48.6 Å². The summed E-state index contributed by atoms with van der Waals surface area (Å²) in [6.07, 6.45) is 4.46. The third kappa shape index (κ3) is 3.38. The number of carbonyl (C=O) groups excluding carboxylic acids is 1. The van der Waals surface area contributed by atoms with Gasteiger partial charge in [0, 0.05) is 17.9 Å².